The molecule has 4 heteroatoms. The molecule has 1 heterocycles. The van der Waals surface area contributed by atoms with E-state index in [1.54, 1.807) is 0 Å². The number of halogens is 2. The third kappa shape index (κ3) is 3.11. The smallest absolute Gasteiger partial charge is 0.128 e. The first kappa shape index (κ1) is 14.9. The largest absolute Gasteiger partial charge is 0.487 e. The minimum Gasteiger partial charge on any atom is -0.487 e. The molecule has 0 amide bonds. The zero-order chi connectivity index (χ0) is 15.0. The predicted octanol–water partition coefficient (Wildman–Crippen LogP) is 5.54. The van der Waals surface area contributed by atoms with E-state index in [2.05, 4.69) is 69.2 Å². The predicted molar refractivity (Wildman–Crippen MR) is 94.0 cm³/mol. The number of fused-ring (bicyclic) bond motifs is 1. The van der Waals surface area contributed by atoms with E-state index in [9.17, 15) is 0 Å². The molecule has 0 atom stereocenters. The van der Waals surface area contributed by atoms with Gasteiger partial charge in [0.1, 0.15) is 11.4 Å². The summed E-state index contributed by atoms with van der Waals surface area (Å²) in [4.78, 5) is 0. The monoisotopic (exact) mass is 409 g/mol. The third-order valence-electron chi connectivity index (χ3n) is 3.59. The molecular weight excluding hydrogens is 394 g/mol. The summed E-state index contributed by atoms with van der Waals surface area (Å²) in [7, 11) is 0. The van der Waals surface area contributed by atoms with Crippen molar-refractivity contribution in [3.8, 4) is 5.75 Å². The van der Waals surface area contributed by atoms with Gasteiger partial charge in [-0.3, -0.25) is 0 Å². The van der Waals surface area contributed by atoms with Crippen LogP contribution < -0.4 is 10.1 Å². The van der Waals surface area contributed by atoms with E-state index < -0.39 is 0 Å². The summed E-state index contributed by atoms with van der Waals surface area (Å²) in [5, 5.41) is 3.48. The second kappa shape index (κ2) is 5.65. The summed E-state index contributed by atoms with van der Waals surface area (Å²) in [5.74, 6) is 1.04. The Morgan fingerprint density at radius 1 is 1.10 bits per heavy atom. The lowest BCUT2D eigenvalue weighted by molar-refractivity contribution is 0.137. The van der Waals surface area contributed by atoms with Crippen LogP contribution in [0.1, 0.15) is 25.0 Å². The highest BCUT2D eigenvalue weighted by Gasteiger charge is 2.31. The van der Waals surface area contributed by atoms with Crippen molar-refractivity contribution in [3.63, 3.8) is 0 Å². The van der Waals surface area contributed by atoms with Gasteiger partial charge in [-0.25, -0.2) is 0 Å². The number of nitrogens with one attached hydrogen (secondary N) is 1. The number of benzene rings is 2. The maximum Gasteiger partial charge on any atom is 0.128 e. The van der Waals surface area contributed by atoms with Crippen molar-refractivity contribution < 1.29 is 4.74 Å². The van der Waals surface area contributed by atoms with Crippen LogP contribution in [0, 0.1) is 0 Å². The maximum absolute atomic E-state index is 6.11. The Morgan fingerprint density at radius 3 is 2.48 bits per heavy atom. The minimum absolute atomic E-state index is 0.105. The van der Waals surface area contributed by atoms with Crippen LogP contribution in [0.25, 0.3) is 0 Å². The van der Waals surface area contributed by atoms with Crippen LogP contribution >= 0.6 is 31.9 Å². The van der Waals surface area contributed by atoms with Gasteiger partial charge in [0.2, 0.25) is 0 Å². The maximum atomic E-state index is 6.11. The molecule has 3 rings (SSSR count). The van der Waals surface area contributed by atoms with Gasteiger partial charge in [-0.2, -0.15) is 0 Å². The molecule has 2 nitrogen and oxygen atoms in total. The van der Waals surface area contributed by atoms with Gasteiger partial charge < -0.3 is 10.1 Å². The molecule has 0 saturated carbocycles. The van der Waals surface area contributed by atoms with Crippen molar-refractivity contribution in [2.24, 2.45) is 0 Å². The number of hydrogen-bond acceptors (Lipinski definition) is 2. The molecule has 2 aromatic rings. The molecule has 21 heavy (non-hydrogen) atoms. The van der Waals surface area contributed by atoms with Gasteiger partial charge in [0, 0.05) is 27.5 Å². The molecule has 0 bridgehead atoms. The molecular formula is C17H17Br2NO. The van der Waals surface area contributed by atoms with Gasteiger partial charge in [0.05, 0.1) is 5.69 Å². The SMILES string of the molecule is CC1(C)Cc2cccc(CNc3c(Br)cccc3Br)c2O1. The highest BCUT2D eigenvalue weighted by Crippen LogP contribution is 2.38. The van der Waals surface area contributed by atoms with Crippen LogP contribution in [0.5, 0.6) is 5.75 Å². The molecule has 1 aliphatic heterocycles. The van der Waals surface area contributed by atoms with E-state index in [1.807, 2.05) is 18.2 Å². The second-order valence-corrected chi connectivity index (χ2v) is 7.60. The molecule has 0 spiro atoms. The van der Waals surface area contributed by atoms with E-state index in [0.29, 0.717) is 0 Å². The fraction of sp³-hybridized carbons (Fsp3) is 0.294. The summed E-state index contributed by atoms with van der Waals surface area (Å²) in [5.41, 5.74) is 3.45. The van der Waals surface area contributed by atoms with E-state index in [1.165, 1.54) is 11.1 Å². The van der Waals surface area contributed by atoms with E-state index in [0.717, 1.165) is 33.3 Å². The zero-order valence-corrected chi connectivity index (χ0v) is 15.2. The molecule has 0 unspecified atom stereocenters. The molecule has 0 radical (unpaired) electrons. The number of rotatable bonds is 3. The summed E-state index contributed by atoms with van der Waals surface area (Å²) in [6.07, 6.45) is 0.967. The van der Waals surface area contributed by atoms with E-state index in [4.69, 9.17) is 4.74 Å². The number of anilines is 1. The molecule has 0 aromatic heterocycles. The Bertz CT molecular complexity index is 662. The third-order valence-corrected chi connectivity index (χ3v) is 4.91. The van der Waals surface area contributed by atoms with Crippen molar-refractivity contribution in [2.45, 2.75) is 32.4 Å². The lowest BCUT2D eigenvalue weighted by atomic mass is 10.0. The van der Waals surface area contributed by atoms with Crippen molar-refractivity contribution >= 4 is 37.5 Å². The quantitative estimate of drug-likeness (QED) is 0.717. The summed E-state index contributed by atoms with van der Waals surface area (Å²) in [6.45, 7) is 5.00. The van der Waals surface area contributed by atoms with Crippen molar-refractivity contribution in [1.82, 2.24) is 0 Å². The highest BCUT2D eigenvalue weighted by atomic mass is 79.9. The van der Waals surface area contributed by atoms with Crippen LogP contribution in [-0.4, -0.2) is 5.60 Å². The van der Waals surface area contributed by atoms with E-state index in [-0.39, 0.29) is 5.60 Å². The molecule has 0 aliphatic carbocycles. The lowest BCUT2D eigenvalue weighted by Crippen LogP contribution is -2.25. The Kier molecular flexibility index (Phi) is 4.02. The molecule has 110 valence electrons. The average Bonchev–Trinajstić information content (AvgIpc) is 2.73. The van der Waals surface area contributed by atoms with Crippen LogP contribution in [0.2, 0.25) is 0 Å². The van der Waals surface area contributed by atoms with Crippen LogP contribution in [0.3, 0.4) is 0 Å². The van der Waals surface area contributed by atoms with Crippen molar-refractivity contribution in [1.29, 1.82) is 0 Å². The summed E-state index contributed by atoms with van der Waals surface area (Å²) in [6, 6.07) is 12.4. The van der Waals surface area contributed by atoms with Gasteiger partial charge in [-0.05, 0) is 63.4 Å². The summed E-state index contributed by atoms with van der Waals surface area (Å²) < 4.78 is 8.20. The average molecular weight is 411 g/mol. The number of hydrogen-bond donors (Lipinski definition) is 1. The number of para-hydroxylation sites is 2. The first-order valence-electron chi connectivity index (χ1n) is 6.94. The standard InChI is InChI=1S/C17H17Br2NO/c1-17(2)9-11-5-3-6-12(16(11)21-17)10-20-15-13(18)7-4-8-14(15)19/h3-8,20H,9-10H2,1-2H3. The Morgan fingerprint density at radius 2 is 1.76 bits per heavy atom. The molecule has 0 saturated heterocycles. The normalized spacial score (nSPS) is 15.4. The Hall–Kier alpha value is -1.00. The lowest BCUT2D eigenvalue weighted by Gasteiger charge is -2.18. The van der Waals surface area contributed by atoms with Gasteiger partial charge in [-0.15, -0.1) is 0 Å². The fourth-order valence-electron chi connectivity index (χ4n) is 2.67. The minimum atomic E-state index is -0.105. The second-order valence-electron chi connectivity index (χ2n) is 5.89. The Balaban J connectivity index is 1.83. The van der Waals surface area contributed by atoms with Gasteiger partial charge in [-0.1, -0.05) is 24.3 Å². The van der Waals surface area contributed by atoms with Crippen LogP contribution in [0.4, 0.5) is 5.69 Å². The van der Waals surface area contributed by atoms with Crippen LogP contribution in [0.15, 0.2) is 45.3 Å². The van der Waals surface area contributed by atoms with Crippen molar-refractivity contribution in [3.05, 3.63) is 56.5 Å². The van der Waals surface area contributed by atoms with Gasteiger partial charge in [0.25, 0.3) is 0 Å². The van der Waals surface area contributed by atoms with Gasteiger partial charge in [0.15, 0.2) is 0 Å². The molecule has 1 aliphatic rings. The summed E-state index contributed by atoms with van der Waals surface area (Å²) >= 11 is 7.15. The number of ether oxygens (including phenoxy) is 1. The van der Waals surface area contributed by atoms with Gasteiger partial charge >= 0.3 is 0 Å². The zero-order valence-electron chi connectivity index (χ0n) is 12.0. The Labute approximate surface area is 142 Å². The van der Waals surface area contributed by atoms with Crippen molar-refractivity contribution in [2.75, 3.05) is 5.32 Å². The molecule has 1 N–H and O–H groups in total. The first-order valence-corrected chi connectivity index (χ1v) is 8.52. The van der Waals surface area contributed by atoms with Crippen LogP contribution in [-0.2, 0) is 13.0 Å². The van der Waals surface area contributed by atoms with E-state index >= 15 is 0 Å². The molecule has 0 fully saturated rings. The highest BCUT2D eigenvalue weighted by molar-refractivity contribution is 9.11. The fourth-order valence-corrected chi connectivity index (χ4v) is 3.95. The first-order chi connectivity index (χ1) is 9.96. The topological polar surface area (TPSA) is 21.3 Å². The molecule has 2 aromatic carbocycles.